The second-order valence-electron chi connectivity index (χ2n) is 18.5. The first-order valence-electron chi connectivity index (χ1n) is 24.0. The molecule has 14 aromatic rings. The summed E-state index contributed by atoms with van der Waals surface area (Å²) in [5.41, 5.74) is 14.4. The molecule has 0 unspecified atom stereocenters. The highest BCUT2D eigenvalue weighted by atomic mass is 16.3. The lowest BCUT2D eigenvalue weighted by molar-refractivity contribution is 0.669. The number of rotatable bonds is 7. The van der Waals surface area contributed by atoms with Crippen molar-refractivity contribution in [2.45, 2.75) is 0 Å². The number of nitrogens with zero attached hydrogens (tertiary/aromatic N) is 1. The number of fused-ring (bicyclic) bond motifs is 9. The molecule has 326 valence electrons. The summed E-state index contributed by atoms with van der Waals surface area (Å²) in [6, 6.07) is 95.1. The van der Waals surface area contributed by atoms with E-state index in [-0.39, 0.29) is 0 Å². The number of hydrogen-bond donors (Lipinski definition) is 0. The predicted molar refractivity (Wildman–Crippen MR) is 298 cm³/mol. The Morgan fingerprint density at radius 2 is 0.600 bits per heavy atom. The number of anilines is 3. The maximum atomic E-state index is 6.86. The number of hydrogen-bond acceptors (Lipinski definition) is 2. The van der Waals surface area contributed by atoms with E-state index in [1.807, 2.05) is 0 Å². The standard InChI is InChI=1S/C68H43NO/c1-3-11-50-38-54(21-16-44(50)8-1)58-27-26-56-40-52(24-25-57(56)41-58)46-28-33-61(34-29-46)69(65-15-7-14-64-67-63-13-6-5-10-49(63)32-37-66(67)70-68(64)65)62-35-30-47(31-36-62)53-20-18-48-19-23-59(43-60(48)42-53)55-22-17-45-9-2-4-12-51(45)39-55/h1-43H. The van der Waals surface area contributed by atoms with Crippen molar-refractivity contribution < 1.29 is 4.42 Å². The number of benzene rings is 13. The van der Waals surface area contributed by atoms with Gasteiger partial charge in [-0.05, 0) is 171 Å². The van der Waals surface area contributed by atoms with Gasteiger partial charge in [-0.1, -0.05) is 188 Å². The molecule has 0 aliphatic carbocycles. The fraction of sp³-hybridized carbons (Fsp3) is 0. The van der Waals surface area contributed by atoms with Crippen LogP contribution in [0.4, 0.5) is 17.1 Å². The quantitative estimate of drug-likeness (QED) is 0.159. The SMILES string of the molecule is c1ccc2cc(-c3ccc4cc(-c5ccc(N(c6ccc(-c7ccc8ccc(-c9ccc%10ccccc%10c9)cc8c7)cc6)c6cccc7c6oc6ccc8ccccc8c67)cc5)ccc4c3)ccc2c1. The molecule has 0 amide bonds. The summed E-state index contributed by atoms with van der Waals surface area (Å²) in [4.78, 5) is 2.34. The van der Waals surface area contributed by atoms with Gasteiger partial charge in [-0.2, -0.15) is 0 Å². The average molecular weight is 890 g/mol. The van der Waals surface area contributed by atoms with Crippen LogP contribution in [-0.2, 0) is 0 Å². The van der Waals surface area contributed by atoms with E-state index < -0.39 is 0 Å². The third kappa shape index (κ3) is 6.88. The molecule has 0 aliphatic heterocycles. The molecule has 1 heterocycles. The molecule has 0 spiro atoms. The van der Waals surface area contributed by atoms with Gasteiger partial charge in [0.1, 0.15) is 5.58 Å². The van der Waals surface area contributed by atoms with Crippen LogP contribution >= 0.6 is 0 Å². The van der Waals surface area contributed by atoms with Crippen LogP contribution in [0.1, 0.15) is 0 Å². The third-order valence-corrected chi connectivity index (χ3v) is 14.4. The van der Waals surface area contributed by atoms with Gasteiger partial charge in [0.05, 0.1) is 5.69 Å². The second kappa shape index (κ2) is 16.2. The largest absolute Gasteiger partial charge is 0.454 e. The molecule has 13 aromatic carbocycles. The van der Waals surface area contributed by atoms with Crippen LogP contribution in [0.2, 0.25) is 0 Å². The normalized spacial score (nSPS) is 11.7. The van der Waals surface area contributed by atoms with E-state index in [9.17, 15) is 0 Å². The Kier molecular flexibility index (Phi) is 9.25. The van der Waals surface area contributed by atoms with Gasteiger partial charge in [0.2, 0.25) is 0 Å². The van der Waals surface area contributed by atoms with Crippen LogP contribution in [-0.4, -0.2) is 0 Å². The molecule has 0 N–H and O–H groups in total. The Morgan fingerprint density at radius 1 is 0.243 bits per heavy atom. The van der Waals surface area contributed by atoms with E-state index in [0.717, 1.165) is 50.1 Å². The summed E-state index contributed by atoms with van der Waals surface area (Å²) in [5.74, 6) is 0. The molecule has 70 heavy (non-hydrogen) atoms. The van der Waals surface area contributed by atoms with Crippen molar-refractivity contribution in [1.82, 2.24) is 0 Å². The van der Waals surface area contributed by atoms with Crippen molar-refractivity contribution in [3.63, 3.8) is 0 Å². The Balaban J connectivity index is 0.832. The minimum absolute atomic E-state index is 0.858. The third-order valence-electron chi connectivity index (χ3n) is 14.4. The topological polar surface area (TPSA) is 16.4 Å². The molecular weight excluding hydrogens is 847 g/mol. The predicted octanol–water partition coefficient (Wildman–Crippen LogP) is 19.5. The summed E-state index contributed by atoms with van der Waals surface area (Å²) in [7, 11) is 0. The maximum absolute atomic E-state index is 6.86. The van der Waals surface area contributed by atoms with E-state index in [1.165, 1.54) is 87.2 Å². The Bertz CT molecular complexity index is 4350. The highest BCUT2D eigenvalue weighted by molar-refractivity contribution is 6.21. The van der Waals surface area contributed by atoms with Crippen molar-refractivity contribution in [3.8, 4) is 44.5 Å². The molecule has 0 saturated carbocycles. The highest BCUT2D eigenvalue weighted by Gasteiger charge is 2.21. The minimum Gasteiger partial charge on any atom is -0.454 e. The maximum Gasteiger partial charge on any atom is 0.159 e. The zero-order chi connectivity index (χ0) is 46.1. The van der Waals surface area contributed by atoms with Gasteiger partial charge in [0.15, 0.2) is 5.58 Å². The van der Waals surface area contributed by atoms with Crippen molar-refractivity contribution in [2.24, 2.45) is 0 Å². The molecule has 0 fully saturated rings. The highest BCUT2D eigenvalue weighted by Crippen LogP contribution is 2.45. The van der Waals surface area contributed by atoms with Crippen molar-refractivity contribution >= 4 is 92.9 Å². The molecule has 14 rings (SSSR count). The summed E-state index contributed by atoms with van der Waals surface area (Å²) in [6.07, 6.45) is 0. The van der Waals surface area contributed by atoms with Crippen LogP contribution in [0, 0.1) is 0 Å². The van der Waals surface area contributed by atoms with Crippen LogP contribution < -0.4 is 4.90 Å². The molecule has 0 bridgehead atoms. The Morgan fingerprint density at radius 3 is 1.11 bits per heavy atom. The van der Waals surface area contributed by atoms with Gasteiger partial charge in [0, 0.05) is 22.1 Å². The Hall–Kier alpha value is -9.24. The molecule has 0 atom stereocenters. The molecule has 0 saturated heterocycles. The lowest BCUT2D eigenvalue weighted by Crippen LogP contribution is -2.10. The second-order valence-corrected chi connectivity index (χ2v) is 18.5. The molecule has 2 nitrogen and oxygen atoms in total. The Labute approximate surface area is 405 Å². The van der Waals surface area contributed by atoms with E-state index >= 15 is 0 Å². The lowest BCUT2D eigenvalue weighted by Gasteiger charge is -2.26. The van der Waals surface area contributed by atoms with Gasteiger partial charge in [-0.3, -0.25) is 0 Å². The first-order valence-corrected chi connectivity index (χ1v) is 24.0. The van der Waals surface area contributed by atoms with E-state index in [1.54, 1.807) is 0 Å². The average Bonchev–Trinajstić information content (AvgIpc) is 3.83. The van der Waals surface area contributed by atoms with Gasteiger partial charge >= 0.3 is 0 Å². The minimum atomic E-state index is 0.858. The van der Waals surface area contributed by atoms with Crippen molar-refractivity contribution in [2.75, 3.05) is 4.90 Å². The number of furan rings is 1. The monoisotopic (exact) mass is 889 g/mol. The fourth-order valence-electron chi connectivity index (χ4n) is 10.7. The zero-order valence-electron chi connectivity index (χ0n) is 38.2. The molecule has 1 aromatic heterocycles. The summed E-state index contributed by atoms with van der Waals surface area (Å²) < 4.78 is 6.86. The van der Waals surface area contributed by atoms with Crippen molar-refractivity contribution in [3.05, 3.63) is 261 Å². The van der Waals surface area contributed by atoms with Gasteiger partial charge in [0.25, 0.3) is 0 Å². The first kappa shape index (κ1) is 39.9. The van der Waals surface area contributed by atoms with E-state index in [2.05, 4.69) is 266 Å². The fourth-order valence-corrected chi connectivity index (χ4v) is 10.7. The first-order chi connectivity index (χ1) is 34.6. The number of para-hydroxylation sites is 1. The smallest absolute Gasteiger partial charge is 0.159 e. The van der Waals surface area contributed by atoms with Gasteiger partial charge in [-0.15, -0.1) is 0 Å². The zero-order valence-corrected chi connectivity index (χ0v) is 38.2. The lowest BCUT2D eigenvalue weighted by atomic mass is 9.96. The van der Waals surface area contributed by atoms with Crippen LogP contribution in [0.15, 0.2) is 265 Å². The summed E-state index contributed by atoms with van der Waals surface area (Å²) >= 11 is 0. The molecule has 0 aliphatic rings. The van der Waals surface area contributed by atoms with E-state index in [0.29, 0.717) is 0 Å². The van der Waals surface area contributed by atoms with Crippen molar-refractivity contribution in [1.29, 1.82) is 0 Å². The van der Waals surface area contributed by atoms with Gasteiger partial charge in [-0.25, -0.2) is 0 Å². The molecule has 2 heteroatoms. The van der Waals surface area contributed by atoms with Crippen LogP contribution in [0.25, 0.3) is 120 Å². The van der Waals surface area contributed by atoms with Crippen LogP contribution in [0.3, 0.4) is 0 Å². The summed E-state index contributed by atoms with van der Waals surface area (Å²) in [5, 5.41) is 14.5. The van der Waals surface area contributed by atoms with E-state index in [4.69, 9.17) is 4.42 Å². The summed E-state index contributed by atoms with van der Waals surface area (Å²) in [6.45, 7) is 0. The van der Waals surface area contributed by atoms with Crippen LogP contribution in [0.5, 0.6) is 0 Å². The molecule has 0 radical (unpaired) electrons. The molecular formula is C68H43NO. The van der Waals surface area contributed by atoms with Gasteiger partial charge < -0.3 is 9.32 Å².